The smallest absolute Gasteiger partial charge is 0.273 e. The van der Waals surface area contributed by atoms with Gasteiger partial charge in [-0.25, -0.2) is 5.43 Å². The molecule has 0 unspecified atom stereocenters. The van der Waals surface area contributed by atoms with E-state index in [-0.39, 0.29) is 12.0 Å². The number of carbonyl (C=O) groups excluding carboxylic acids is 1. The molecule has 1 amide bonds. The molecule has 0 heterocycles. The molecule has 0 fully saturated rings. The van der Waals surface area contributed by atoms with Gasteiger partial charge in [-0.05, 0) is 29.3 Å². The van der Waals surface area contributed by atoms with Gasteiger partial charge in [0.1, 0.15) is 0 Å². The first-order valence-electron chi connectivity index (χ1n) is 6.86. The Morgan fingerprint density at radius 2 is 1.92 bits per heavy atom. The molecular weight excluding hydrogens is 319 g/mol. The van der Waals surface area contributed by atoms with E-state index in [1.54, 1.807) is 24.3 Å². The van der Waals surface area contributed by atoms with Gasteiger partial charge in [0.25, 0.3) is 0 Å². The first-order valence-corrected chi connectivity index (χ1v) is 6.86. The number of amides is 1. The molecule has 1 N–H and O–H groups in total. The van der Waals surface area contributed by atoms with Crippen LogP contribution in [0.4, 0.5) is 13.2 Å². The summed E-state index contributed by atoms with van der Waals surface area (Å²) < 4.78 is 37.8. The van der Waals surface area contributed by atoms with E-state index in [2.05, 4.69) is 10.5 Å². The maximum atomic E-state index is 12.6. The van der Waals surface area contributed by atoms with Crippen molar-refractivity contribution >= 4 is 12.1 Å². The molecule has 2 aromatic carbocycles. The molecule has 2 aromatic rings. The van der Waals surface area contributed by atoms with E-state index in [0.29, 0.717) is 11.1 Å². The Morgan fingerprint density at radius 1 is 1.21 bits per heavy atom. The Labute approximate surface area is 136 Å². The number of hydrazone groups is 1. The van der Waals surface area contributed by atoms with E-state index >= 15 is 0 Å². The van der Waals surface area contributed by atoms with Crippen molar-refractivity contribution in [3.63, 3.8) is 0 Å². The van der Waals surface area contributed by atoms with E-state index in [4.69, 9.17) is 5.26 Å². The van der Waals surface area contributed by atoms with Crippen molar-refractivity contribution in [1.29, 1.82) is 5.26 Å². The number of hydrogen-bond donors (Lipinski definition) is 1. The van der Waals surface area contributed by atoms with Crippen LogP contribution in [0.15, 0.2) is 53.6 Å². The lowest BCUT2D eigenvalue weighted by Crippen LogP contribution is -2.20. The van der Waals surface area contributed by atoms with E-state index < -0.39 is 17.6 Å². The Bertz CT molecular complexity index is 790. The molecule has 7 heteroatoms. The Morgan fingerprint density at radius 3 is 2.54 bits per heavy atom. The predicted octanol–water partition coefficient (Wildman–Crippen LogP) is 3.27. The van der Waals surface area contributed by atoms with Gasteiger partial charge in [-0.1, -0.05) is 30.3 Å². The summed E-state index contributed by atoms with van der Waals surface area (Å²) in [5.41, 5.74) is 2.87. The third kappa shape index (κ3) is 4.95. The number of benzene rings is 2. The third-order valence-corrected chi connectivity index (χ3v) is 3.06. The number of nitrogens with zero attached hydrogens (tertiary/aromatic N) is 2. The minimum Gasteiger partial charge on any atom is -0.273 e. The summed E-state index contributed by atoms with van der Waals surface area (Å²) in [6.07, 6.45) is -3.28. The topological polar surface area (TPSA) is 65.2 Å². The molecule has 0 aliphatic carbocycles. The molecule has 0 aromatic heterocycles. The fraction of sp³-hybridized carbons (Fsp3) is 0.118. The zero-order valence-corrected chi connectivity index (χ0v) is 12.3. The van der Waals surface area contributed by atoms with Crippen molar-refractivity contribution in [1.82, 2.24) is 5.43 Å². The highest BCUT2D eigenvalue weighted by atomic mass is 19.4. The number of carbonyl (C=O) groups is 1. The normalized spacial score (nSPS) is 11.2. The average Bonchev–Trinajstić information content (AvgIpc) is 2.55. The van der Waals surface area contributed by atoms with E-state index in [1.165, 1.54) is 18.3 Å². The highest BCUT2D eigenvalue weighted by molar-refractivity contribution is 5.83. The molecule has 0 saturated heterocycles. The summed E-state index contributed by atoms with van der Waals surface area (Å²) in [7, 11) is 0. The maximum absolute atomic E-state index is 12.6. The van der Waals surface area contributed by atoms with Crippen LogP contribution in [0, 0.1) is 11.3 Å². The SMILES string of the molecule is N#Cc1ccc(C=NNC(=O)Cc2cccc(C(F)(F)F)c2)cc1. The van der Waals surface area contributed by atoms with Gasteiger partial charge < -0.3 is 0 Å². The minimum atomic E-state index is -4.44. The van der Waals surface area contributed by atoms with E-state index in [1.807, 2.05) is 6.07 Å². The molecule has 24 heavy (non-hydrogen) atoms. The van der Waals surface area contributed by atoms with Crippen LogP contribution in [0.5, 0.6) is 0 Å². The molecule has 0 spiro atoms. The lowest BCUT2D eigenvalue weighted by atomic mass is 10.1. The predicted molar refractivity (Wildman–Crippen MR) is 82.0 cm³/mol. The zero-order valence-electron chi connectivity index (χ0n) is 12.3. The fourth-order valence-corrected chi connectivity index (χ4v) is 1.91. The van der Waals surface area contributed by atoms with E-state index in [0.717, 1.165) is 12.1 Å². The van der Waals surface area contributed by atoms with Gasteiger partial charge in [-0.2, -0.15) is 23.5 Å². The van der Waals surface area contributed by atoms with Crippen LogP contribution in [0.1, 0.15) is 22.3 Å². The highest BCUT2D eigenvalue weighted by Crippen LogP contribution is 2.29. The lowest BCUT2D eigenvalue weighted by molar-refractivity contribution is -0.137. The third-order valence-electron chi connectivity index (χ3n) is 3.06. The van der Waals surface area contributed by atoms with Gasteiger partial charge in [0.2, 0.25) is 5.91 Å². The molecule has 0 saturated carbocycles. The highest BCUT2D eigenvalue weighted by Gasteiger charge is 2.30. The lowest BCUT2D eigenvalue weighted by Gasteiger charge is -2.08. The Kier molecular flexibility index (Phi) is 5.32. The molecule has 122 valence electrons. The minimum absolute atomic E-state index is 0.214. The van der Waals surface area contributed by atoms with Crippen LogP contribution in [-0.4, -0.2) is 12.1 Å². The summed E-state index contributed by atoms with van der Waals surface area (Å²) in [4.78, 5) is 11.7. The summed E-state index contributed by atoms with van der Waals surface area (Å²) >= 11 is 0. The Balaban J connectivity index is 1.93. The monoisotopic (exact) mass is 331 g/mol. The summed E-state index contributed by atoms with van der Waals surface area (Å²) in [6.45, 7) is 0. The molecule has 0 atom stereocenters. The maximum Gasteiger partial charge on any atom is 0.416 e. The number of hydrogen-bond acceptors (Lipinski definition) is 3. The molecule has 0 radical (unpaired) electrons. The van der Waals surface area contributed by atoms with Crippen LogP contribution in [0.25, 0.3) is 0 Å². The van der Waals surface area contributed by atoms with Gasteiger partial charge in [0, 0.05) is 0 Å². The number of nitrogens with one attached hydrogen (secondary N) is 1. The molecule has 0 aliphatic rings. The van der Waals surface area contributed by atoms with Crippen molar-refractivity contribution in [2.45, 2.75) is 12.6 Å². The van der Waals surface area contributed by atoms with Crippen molar-refractivity contribution in [3.8, 4) is 6.07 Å². The number of halogens is 3. The molecule has 4 nitrogen and oxygen atoms in total. The number of alkyl halides is 3. The van der Waals surface area contributed by atoms with Crippen molar-refractivity contribution in [2.75, 3.05) is 0 Å². The molecule has 0 bridgehead atoms. The van der Waals surface area contributed by atoms with Crippen LogP contribution in [0.3, 0.4) is 0 Å². The molecular formula is C17H12F3N3O. The first kappa shape index (κ1) is 17.2. The van der Waals surface area contributed by atoms with E-state index in [9.17, 15) is 18.0 Å². The fourth-order valence-electron chi connectivity index (χ4n) is 1.91. The quantitative estimate of drug-likeness (QED) is 0.690. The van der Waals surface area contributed by atoms with Crippen LogP contribution in [0.2, 0.25) is 0 Å². The summed E-state index contributed by atoms with van der Waals surface area (Å²) in [5, 5.41) is 12.4. The van der Waals surface area contributed by atoms with Crippen molar-refractivity contribution < 1.29 is 18.0 Å². The summed E-state index contributed by atoms with van der Waals surface area (Å²) in [5.74, 6) is -0.529. The van der Waals surface area contributed by atoms with Crippen LogP contribution < -0.4 is 5.43 Å². The van der Waals surface area contributed by atoms with Crippen LogP contribution in [-0.2, 0) is 17.4 Å². The summed E-state index contributed by atoms with van der Waals surface area (Å²) in [6, 6.07) is 13.1. The average molecular weight is 331 g/mol. The van der Waals surface area contributed by atoms with Gasteiger partial charge in [-0.3, -0.25) is 4.79 Å². The van der Waals surface area contributed by atoms with Gasteiger partial charge in [-0.15, -0.1) is 0 Å². The number of rotatable bonds is 4. The second kappa shape index (κ2) is 7.42. The van der Waals surface area contributed by atoms with Gasteiger partial charge >= 0.3 is 6.18 Å². The van der Waals surface area contributed by atoms with Crippen molar-refractivity contribution in [2.24, 2.45) is 5.10 Å². The first-order chi connectivity index (χ1) is 11.4. The number of nitriles is 1. The van der Waals surface area contributed by atoms with Gasteiger partial charge in [0.05, 0.1) is 29.8 Å². The van der Waals surface area contributed by atoms with Crippen molar-refractivity contribution in [3.05, 3.63) is 70.8 Å². The van der Waals surface area contributed by atoms with Crippen LogP contribution >= 0.6 is 0 Å². The zero-order chi connectivity index (χ0) is 17.6. The molecule has 0 aliphatic heterocycles. The second-order valence-electron chi connectivity index (χ2n) is 4.90. The largest absolute Gasteiger partial charge is 0.416 e. The van der Waals surface area contributed by atoms with Gasteiger partial charge in [0.15, 0.2) is 0 Å². The Hall–Kier alpha value is -3.14. The molecule has 2 rings (SSSR count). The second-order valence-corrected chi connectivity index (χ2v) is 4.90. The standard InChI is InChI=1S/C17H12F3N3O/c18-17(19,20)15-3-1-2-14(8-15)9-16(24)23-22-11-13-6-4-12(10-21)5-7-13/h1-8,11H,9H2,(H,23,24).